The summed E-state index contributed by atoms with van der Waals surface area (Å²) in [6, 6.07) is 4.29. The maximum Gasteiger partial charge on any atom is 0.167 e. The SMILES string of the molecule is CO[C@@H]1C[C@@H](c2n[nH]c(C)n2)N(Cc2ccncc2)C1. The molecule has 2 aromatic heterocycles. The van der Waals surface area contributed by atoms with Crippen LogP contribution >= 0.6 is 0 Å². The molecule has 3 rings (SSSR count). The molecular formula is C14H19N5O. The van der Waals surface area contributed by atoms with Crippen LogP contribution in [0.2, 0.25) is 0 Å². The van der Waals surface area contributed by atoms with E-state index in [9.17, 15) is 0 Å². The Labute approximate surface area is 118 Å². The van der Waals surface area contributed by atoms with Crippen LogP contribution in [0.1, 0.15) is 29.7 Å². The standard InChI is InChI=1S/C14H19N5O/c1-10-16-14(18-17-10)13-7-12(20-2)9-19(13)8-11-3-5-15-6-4-11/h3-6,12-13H,7-9H2,1-2H3,(H,16,17,18)/t12-,13+/m1/s1. The topological polar surface area (TPSA) is 66.9 Å². The number of nitrogens with zero attached hydrogens (tertiary/aromatic N) is 4. The summed E-state index contributed by atoms with van der Waals surface area (Å²) in [6.07, 6.45) is 4.82. The number of nitrogens with one attached hydrogen (secondary N) is 1. The van der Waals surface area contributed by atoms with Gasteiger partial charge in [0.1, 0.15) is 5.82 Å². The fraction of sp³-hybridized carbons (Fsp3) is 0.500. The van der Waals surface area contributed by atoms with Crippen molar-refractivity contribution in [1.29, 1.82) is 0 Å². The van der Waals surface area contributed by atoms with Gasteiger partial charge in [-0.2, -0.15) is 5.10 Å². The first-order chi connectivity index (χ1) is 9.76. The Kier molecular flexibility index (Phi) is 3.75. The predicted octanol–water partition coefficient (Wildman–Crippen LogP) is 1.47. The molecule has 0 bridgehead atoms. The molecule has 2 aromatic rings. The molecule has 6 nitrogen and oxygen atoms in total. The first-order valence-electron chi connectivity index (χ1n) is 6.81. The van der Waals surface area contributed by atoms with Gasteiger partial charge in [-0.3, -0.25) is 15.0 Å². The molecule has 106 valence electrons. The maximum absolute atomic E-state index is 5.52. The molecule has 0 radical (unpaired) electrons. The first-order valence-corrected chi connectivity index (χ1v) is 6.81. The molecule has 1 aliphatic heterocycles. The molecule has 2 atom stereocenters. The summed E-state index contributed by atoms with van der Waals surface area (Å²) in [7, 11) is 1.76. The van der Waals surface area contributed by atoms with Gasteiger partial charge in [-0.15, -0.1) is 0 Å². The van der Waals surface area contributed by atoms with Crippen molar-refractivity contribution in [2.24, 2.45) is 0 Å². The average molecular weight is 273 g/mol. The predicted molar refractivity (Wildman–Crippen MR) is 73.9 cm³/mol. The Hall–Kier alpha value is -1.79. The maximum atomic E-state index is 5.52. The van der Waals surface area contributed by atoms with Gasteiger partial charge in [0, 0.05) is 32.6 Å². The monoisotopic (exact) mass is 273 g/mol. The average Bonchev–Trinajstić information content (AvgIpc) is 3.06. The van der Waals surface area contributed by atoms with Gasteiger partial charge in [0.2, 0.25) is 0 Å². The van der Waals surface area contributed by atoms with E-state index < -0.39 is 0 Å². The third-order valence-corrected chi connectivity index (χ3v) is 3.75. The molecule has 1 saturated heterocycles. The van der Waals surface area contributed by atoms with E-state index in [2.05, 4.69) is 25.1 Å². The van der Waals surface area contributed by atoms with E-state index in [1.54, 1.807) is 7.11 Å². The largest absolute Gasteiger partial charge is 0.380 e. The number of H-pyrrole nitrogens is 1. The summed E-state index contributed by atoms with van der Waals surface area (Å²) in [5.74, 6) is 1.71. The molecule has 3 heterocycles. The van der Waals surface area contributed by atoms with Gasteiger partial charge in [-0.05, 0) is 31.0 Å². The minimum absolute atomic E-state index is 0.207. The normalized spacial score (nSPS) is 23.3. The third-order valence-electron chi connectivity index (χ3n) is 3.75. The lowest BCUT2D eigenvalue weighted by atomic mass is 10.1. The van der Waals surface area contributed by atoms with Crippen molar-refractivity contribution in [3.63, 3.8) is 0 Å². The van der Waals surface area contributed by atoms with Gasteiger partial charge in [-0.25, -0.2) is 4.98 Å². The van der Waals surface area contributed by atoms with Crippen molar-refractivity contribution in [3.05, 3.63) is 41.7 Å². The van der Waals surface area contributed by atoms with Crippen LogP contribution in [-0.2, 0) is 11.3 Å². The van der Waals surface area contributed by atoms with Gasteiger partial charge in [0.25, 0.3) is 0 Å². The van der Waals surface area contributed by atoms with Crippen molar-refractivity contribution in [3.8, 4) is 0 Å². The van der Waals surface area contributed by atoms with E-state index in [1.807, 2.05) is 31.5 Å². The molecule has 0 saturated carbocycles. The second-order valence-corrected chi connectivity index (χ2v) is 5.17. The Morgan fingerprint density at radius 2 is 2.20 bits per heavy atom. The number of methoxy groups -OCH3 is 1. The third kappa shape index (κ3) is 2.71. The van der Waals surface area contributed by atoms with Crippen molar-refractivity contribution in [1.82, 2.24) is 25.1 Å². The van der Waals surface area contributed by atoms with E-state index in [-0.39, 0.29) is 12.1 Å². The number of aromatic nitrogens is 4. The van der Waals surface area contributed by atoms with Crippen molar-refractivity contribution in [2.45, 2.75) is 32.0 Å². The molecule has 0 aromatic carbocycles. The van der Waals surface area contributed by atoms with E-state index in [4.69, 9.17) is 4.74 Å². The molecule has 1 N–H and O–H groups in total. The highest BCUT2D eigenvalue weighted by Crippen LogP contribution is 2.32. The molecule has 6 heteroatoms. The first kappa shape index (κ1) is 13.2. The lowest BCUT2D eigenvalue weighted by molar-refractivity contribution is 0.107. The van der Waals surface area contributed by atoms with Crippen LogP contribution < -0.4 is 0 Å². The van der Waals surface area contributed by atoms with E-state index in [0.717, 1.165) is 31.2 Å². The highest BCUT2D eigenvalue weighted by Gasteiger charge is 2.35. The van der Waals surface area contributed by atoms with Crippen molar-refractivity contribution >= 4 is 0 Å². The Bertz CT molecular complexity index is 556. The minimum atomic E-state index is 0.207. The van der Waals surface area contributed by atoms with Crippen molar-refractivity contribution < 1.29 is 4.74 Å². The van der Waals surface area contributed by atoms with Gasteiger partial charge in [0.05, 0.1) is 12.1 Å². The molecular weight excluding hydrogens is 254 g/mol. The zero-order valence-electron chi connectivity index (χ0n) is 11.8. The van der Waals surface area contributed by atoms with Crippen LogP contribution in [-0.4, -0.2) is 44.8 Å². The van der Waals surface area contributed by atoms with Gasteiger partial charge in [-0.1, -0.05) is 0 Å². The Morgan fingerprint density at radius 3 is 2.85 bits per heavy atom. The van der Waals surface area contributed by atoms with Gasteiger partial charge in [0.15, 0.2) is 5.82 Å². The highest BCUT2D eigenvalue weighted by atomic mass is 16.5. The van der Waals surface area contributed by atoms with Crippen LogP contribution in [0.4, 0.5) is 0 Å². The molecule has 0 amide bonds. The second kappa shape index (κ2) is 5.68. The number of pyridine rings is 1. The number of hydrogen-bond acceptors (Lipinski definition) is 5. The summed E-state index contributed by atoms with van der Waals surface area (Å²) >= 11 is 0. The summed E-state index contributed by atoms with van der Waals surface area (Å²) in [4.78, 5) is 10.9. The number of ether oxygens (including phenoxy) is 1. The fourth-order valence-corrected chi connectivity index (χ4v) is 2.71. The lowest BCUT2D eigenvalue weighted by Crippen LogP contribution is -2.25. The number of rotatable bonds is 4. The Balaban J connectivity index is 1.79. The van der Waals surface area contributed by atoms with Crippen LogP contribution in [0, 0.1) is 6.92 Å². The quantitative estimate of drug-likeness (QED) is 0.913. The van der Waals surface area contributed by atoms with Gasteiger partial charge < -0.3 is 4.74 Å². The zero-order valence-corrected chi connectivity index (χ0v) is 11.8. The lowest BCUT2D eigenvalue weighted by Gasteiger charge is -2.21. The van der Waals surface area contributed by atoms with E-state index in [0.29, 0.717) is 0 Å². The van der Waals surface area contributed by atoms with Crippen LogP contribution in [0.15, 0.2) is 24.5 Å². The van der Waals surface area contributed by atoms with Crippen LogP contribution in [0.25, 0.3) is 0 Å². The Morgan fingerprint density at radius 1 is 1.40 bits per heavy atom. The summed E-state index contributed by atoms with van der Waals surface area (Å²) in [6.45, 7) is 3.68. The van der Waals surface area contributed by atoms with E-state index in [1.165, 1.54) is 5.56 Å². The number of hydrogen-bond donors (Lipinski definition) is 1. The highest BCUT2D eigenvalue weighted by molar-refractivity contribution is 5.11. The summed E-state index contributed by atoms with van der Waals surface area (Å²) < 4.78 is 5.52. The second-order valence-electron chi connectivity index (χ2n) is 5.17. The number of aryl methyl sites for hydroxylation is 1. The molecule has 20 heavy (non-hydrogen) atoms. The zero-order chi connectivity index (χ0) is 13.9. The minimum Gasteiger partial charge on any atom is -0.380 e. The number of likely N-dealkylation sites (tertiary alicyclic amines) is 1. The molecule has 0 unspecified atom stereocenters. The molecule has 1 aliphatic rings. The fourth-order valence-electron chi connectivity index (χ4n) is 2.71. The van der Waals surface area contributed by atoms with Crippen LogP contribution in [0.3, 0.4) is 0 Å². The smallest absolute Gasteiger partial charge is 0.167 e. The summed E-state index contributed by atoms with van der Waals surface area (Å²) in [5.41, 5.74) is 1.24. The van der Waals surface area contributed by atoms with Crippen molar-refractivity contribution in [2.75, 3.05) is 13.7 Å². The molecule has 0 aliphatic carbocycles. The number of aromatic amines is 1. The van der Waals surface area contributed by atoms with Gasteiger partial charge >= 0.3 is 0 Å². The molecule has 0 spiro atoms. The van der Waals surface area contributed by atoms with E-state index >= 15 is 0 Å². The molecule has 1 fully saturated rings. The van der Waals surface area contributed by atoms with Crippen LogP contribution in [0.5, 0.6) is 0 Å². The summed E-state index contributed by atoms with van der Waals surface area (Å²) in [5, 5.41) is 7.24.